The van der Waals surface area contributed by atoms with Crippen molar-refractivity contribution in [2.45, 2.75) is 0 Å². The molecule has 0 bridgehead atoms. The largest absolute Gasteiger partial charge is 0.493 e. The predicted octanol–water partition coefficient (Wildman–Crippen LogP) is 4.63. The number of aromatic nitrogens is 2. The molecule has 2 heterocycles. The van der Waals surface area contributed by atoms with E-state index in [0.29, 0.717) is 22.9 Å². The molecule has 0 atom stereocenters. The van der Waals surface area contributed by atoms with Crippen LogP contribution in [0.2, 0.25) is 0 Å². The summed E-state index contributed by atoms with van der Waals surface area (Å²) in [7, 11) is 3.17. The van der Waals surface area contributed by atoms with Crippen molar-refractivity contribution in [3.05, 3.63) is 65.8 Å². The van der Waals surface area contributed by atoms with Gasteiger partial charge in [-0.2, -0.15) is 0 Å². The van der Waals surface area contributed by atoms with E-state index in [0.717, 1.165) is 21.5 Å². The lowest BCUT2D eigenvalue weighted by molar-refractivity contribution is 0.102. The lowest BCUT2D eigenvalue weighted by Gasteiger charge is -2.08. The van der Waals surface area contributed by atoms with Crippen LogP contribution >= 0.6 is 11.3 Å². The van der Waals surface area contributed by atoms with Crippen LogP contribution in [0, 0.1) is 0 Å². The molecule has 1 N–H and O–H groups in total. The number of amides is 1. The van der Waals surface area contributed by atoms with E-state index < -0.39 is 0 Å². The quantitative estimate of drug-likeness (QED) is 0.537. The first kappa shape index (κ1) is 17.9. The van der Waals surface area contributed by atoms with E-state index in [1.807, 2.05) is 48.5 Å². The lowest BCUT2D eigenvalue weighted by Crippen LogP contribution is -2.12. The van der Waals surface area contributed by atoms with Crippen LogP contribution in [0.25, 0.3) is 21.5 Å². The molecular weight excluding hydrogens is 374 g/mol. The first-order valence-corrected chi connectivity index (χ1v) is 9.40. The van der Waals surface area contributed by atoms with E-state index in [1.165, 1.54) is 11.3 Å². The molecule has 2 aromatic carbocycles. The maximum Gasteiger partial charge on any atom is 0.275 e. The van der Waals surface area contributed by atoms with E-state index in [2.05, 4.69) is 15.3 Å². The summed E-state index contributed by atoms with van der Waals surface area (Å²) in [6.07, 6.45) is 1.73. The molecule has 0 spiro atoms. The van der Waals surface area contributed by atoms with Gasteiger partial charge in [0.25, 0.3) is 5.91 Å². The van der Waals surface area contributed by atoms with Crippen molar-refractivity contribution in [1.29, 1.82) is 0 Å². The fourth-order valence-electron chi connectivity index (χ4n) is 2.88. The Hall–Kier alpha value is -3.45. The average molecular weight is 391 g/mol. The van der Waals surface area contributed by atoms with Gasteiger partial charge in [0, 0.05) is 22.5 Å². The maximum atomic E-state index is 12.7. The number of nitrogens with zero attached hydrogens (tertiary/aromatic N) is 2. The van der Waals surface area contributed by atoms with Gasteiger partial charge in [-0.25, -0.2) is 4.98 Å². The molecule has 2 aromatic heterocycles. The van der Waals surface area contributed by atoms with Crippen LogP contribution in [-0.2, 0) is 0 Å². The number of anilines is 1. The summed E-state index contributed by atoms with van der Waals surface area (Å²) in [5.41, 5.74) is 2.74. The summed E-state index contributed by atoms with van der Waals surface area (Å²) in [6, 6.07) is 14.9. The van der Waals surface area contributed by atoms with Crippen molar-refractivity contribution in [2.24, 2.45) is 0 Å². The summed E-state index contributed by atoms with van der Waals surface area (Å²) in [5, 5.41) is 6.28. The van der Waals surface area contributed by atoms with Crippen LogP contribution in [0.15, 0.2) is 60.1 Å². The third-order valence-electron chi connectivity index (χ3n) is 4.26. The van der Waals surface area contributed by atoms with Crippen molar-refractivity contribution >= 4 is 33.8 Å². The second-order valence-electron chi connectivity index (χ2n) is 5.94. The van der Waals surface area contributed by atoms with Gasteiger partial charge < -0.3 is 14.8 Å². The van der Waals surface area contributed by atoms with Crippen molar-refractivity contribution in [3.63, 3.8) is 0 Å². The fraction of sp³-hybridized carbons (Fsp3) is 0.0952. The molecule has 0 fully saturated rings. The number of carbonyl (C=O) groups is 1. The van der Waals surface area contributed by atoms with Crippen molar-refractivity contribution in [3.8, 4) is 22.1 Å². The van der Waals surface area contributed by atoms with Crippen LogP contribution in [0.4, 0.5) is 5.69 Å². The zero-order valence-corrected chi connectivity index (χ0v) is 16.1. The van der Waals surface area contributed by atoms with Gasteiger partial charge in [-0.3, -0.25) is 9.78 Å². The smallest absolute Gasteiger partial charge is 0.275 e. The highest BCUT2D eigenvalue weighted by Crippen LogP contribution is 2.33. The third-order valence-corrected chi connectivity index (χ3v) is 5.15. The summed E-state index contributed by atoms with van der Waals surface area (Å²) >= 11 is 1.40. The van der Waals surface area contributed by atoms with Gasteiger partial charge >= 0.3 is 0 Å². The Morgan fingerprint density at radius 1 is 1.04 bits per heavy atom. The normalized spacial score (nSPS) is 10.6. The molecule has 28 heavy (non-hydrogen) atoms. The Balaban J connectivity index is 1.60. The van der Waals surface area contributed by atoms with E-state index in [-0.39, 0.29) is 5.91 Å². The molecule has 0 saturated heterocycles. The third kappa shape index (κ3) is 3.39. The number of fused-ring (bicyclic) bond motifs is 1. The Kier molecular flexibility index (Phi) is 4.90. The van der Waals surface area contributed by atoms with Crippen LogP contribution < -0.4 is 14.8 Å². The molecule has 0 radical (unpaired) electrons. The standard InChI is InChI=1S/C21H17N3O3S/c1-26-18-9-8-13(11-19(18)27-2)21-24-17(12-28-21)20(25)23-16-7-3-6-15-14(16)5-4-10-22-15/h3-12H,1-2H3,(H,23,25). The molecule has 6 nitrogen and oxygen atoms in total. The van der Waals surface area contributed by atoms with Crippen molar-refractivity contribution in [1.82, 2.24) is 9.97 Å². The van der Waals surface area contributed by atoms with Gasteiger partial charge in [0.1, 0.15) is 10.7 Å². The van der Waals surface area contributed by atoms with Crippen LogP contribution in [0.3, 0.4) is 0 Å². The number of methoxy groups -OCH3 is 2. The molecule has 0 aliphatic carbocycles. The van der Waals surface area contributed by atoms with Crippen LogP contribution in [0.1, 0.15) is 10.5 Å². The van der Waals surface area contributed by atoms with E-state index in [1.54, 1.807) is 25.8 Å². The minimum Gasteiger partial charge on any atom is -0.493 e. The highest BCUT2D eigenvalue weighted by Gasteiger charge is 2.15. The van der Waals surface area contributed by atoms with Gasteiger partial charge in [0.05, 0.1) is 25.4 Å². The summed E-state index contributed by atoms with van der Waals surface area (Å²) < 4.78 is 10.6. The van der Waals surface area contributed by atoms with E-state index in [4.69, 9.17) is 9.47 Å². The Labute approximate surface area is 165 Å². The monoisotopic (exact) mass is 391 g/mol. The van der Waals surface area contributed by atoms with Gasteiger partial charge in [0.2, 0.25) is 0 Å². The highest BCUT2D eigenvalue weighted by molar-refractivity contribution is 7.13. The molecule has 7 heteroatoms. The van der Waals surface area contributed by atoms with Crippen molar-refractivity contribution < 1.29 is 14.3 Å². The Morgan fingerprint density at radius 3 is 2.71 bits per heavy atom. The fourth-order valence-corrected chi connectivity index (χ4v) is 3.68. The first-order valence-electron chi connectivity index (χ1n) is 8.52. The van der Waals surface area contributed by atoms with Crippen LogP contribution in [0.5, 0.6) is 11.5 Å². The number of nitrogens with one attached hydrogen (secondary N) is 1. The first-order chi connectivity index (χ1) is 13.7. The topological polar surface area (TPSA) is 73.3 Å². The molecule has 4 aromatic rings. The SMILES string of the molecule is COc1ccc(-c2nc(C(=O)Nc3cccc4ncccc34)cs2)cc1OC. The molecule has 4 rings (SSSR count). The molecule has 0 unspecified atom stereocenters. The van der Waals surface area contributed by atoms with Gasteiger partial charge in [-0.1, -0.05) is 6.07 Å². The zero-order valence-electron chi connectivity index (χ0n) is 15.3. The van der Waals surface area contributed by atoms with Gasteiger partial charge in [-0.05, 0) is 42.5 Å². The number of ether oxygens (including phenoxy) is 2. The molecule has 0 aliphatic rings. The van der Waals surface area contributed by atoms with Gasteiger partial charge in [-0.15, -0.1) is 11.3 Å². The number of hydrogen-bond donors (Lipinski definition) is 1. The van der Waals surface area contributed by atoms with Crippen LogP contribution in [-0.4, -0.2) is 30.1 Å². The molecule has 0 aliphatic heterocycles. The average Bonchev–Trinajstić information content (AvgIpc) is 3.24. The summed E-state index contributed by atoms with van der Waals surface area (Å²) in [6.45, 7) is 0. The maximum absolute atomic E-state index is 12.7. The van der Waals surface area contributed by atoms with E-state index >= 15 is 0 Å². The minimum atomic E-state index is -0.265. The number of carbonyl (C=O) groups excluding carboxylic acids is 1. The second-order valence-corrected chi connectivity index (χ2v) is 6.80. The number of pyridine rings is 1. The van der Waals surface area contributed by atoms with Crippen molar-refractivity contribution in [2.75, 3.05) is 19.5 Å². The molecular formula is C21H17N3O3S. The Morgan fingerprint density at radius 2 is 1.89 bits per heavy atom. The number of hydrogen-bond acceptors (Lipinski definition) is 6. The molecule has 140 valence electrons. The predicted molar refractivity (Wildman–Crippen MR) is 110 cm³/mol. The Bertz CT molecular complexity index is 1150. The van der Waals surface area contributed by atoms with Gasteiger partial charge in [0.15, 0.2) is 11.5 Å². The lowest BCUT2D eigenvalue weighted by atomic mass is 10.2. The summed E-state index contributed by atoms with van der Waals surface area (Å²) in [4.78, 5) is 21.5. The molecule has 1 amide bonds. The number of thiazole rings is 1. The number of benzene rings is 2. The summed E-state index contributed by atoms with van der Waals surface area (Å²) in [5.74, 6) is 0.995. The second kappa shape index (κ2) is 7.66. The zero-order chi connectivity index (χ0) is 19.5. The highest BCUT2D eigenvalue weighted by atomic mass is 32.1. The number of rotatable bonds is 5. The molecule has 0 saturated carbocycles. The minimum absolute atomic E-state index is 0.265. The van der Waals surface area contributed by atoms with E-state index in [9.17, 15) is 4.79 Å².